The van der Waals surface area contributed by atoms with Crippen molar-refractivity contribution in [2.75, 3.05) is 13.1 Å². The summed E-state index contributed by atoms with van der Waals surface area (Å²) in [5.41, 5.74) is 0. The van der Waals surface area contributed by atoms with Gasteiger partial charge in [-0.25, -0.2) is 0 Å². The van der Waals surface area contributed by atoms with Crippen molar-refractivity contribution in [3.05, 3.63) is 16.5 Å². The molecule has 1 aromatic rings. The highest BCUT2D eigenvalue weighted by atomic mass is 35.5. The molecule has 1 atom stereocenters. The van der Waals surface area contributed by atoms with Crippen LogP contribution in [0.5, 0.6) is 5.06 Å². The van der Waals surface area contributed by atoms with E-state index in [1.807, 2.05) is 11.4 Å². The van der Waals surface area contributed by atoms with Gasteiger partial charge < -0.3 is 10.1 Å². The van der Waals surface area contributed by atoms with Gasteiger partial charge in [-0.1, -0.05) is 11.6 Å². The zero-order valence-electron chi connectivity index (χ0n) is 7.25. The van der Waals surface area contributed by atoms with Gasteiger partial charge in [-0.15, -0.1) is 11.3 Å². The summed E-state index contributed by atoms with van der Waals surface area (Å²) in [4.78, 5) is 0. The molecule has 4 heteroatoms. The number of nitrogens with one attached hydrogen (secondary N) is 1. The lowest BCUT2D eigenvalue weighted by atomic mass is 10.1. The van der Waals surface area contributed by atoms with Crippen molar-refractivity contribution in [2.24, 2.45) is 0 Å². The van der Waals surface area contributed by atoms with Crippen LogP contribution in [0.2, 0.25) is 5.02 Å². The van der Waals surface area contributed by atoms with Crippen LogP contribution in [-0.4, -0.2) is 19.2 Å². The second kappa shape index (κ2) is 4.31. The van der Waals surface area contributed by atoms with E-state index < -0.39 is 0 Å². The zero-order valence-corrected chi connectivity index (χ0v) is 8.83. The molecule has 13 heavy (non-hydrogen) atoms. The number of halogens is 1. The Morgan fingerprint density at radius 2 is 2.54 bits per heavy atom. The molecule has 0 radical (unpaired) electrons. The van der Waals surface area contributed by atoms with Gasteiger partial charge in [0.05, 0.1) is 5.02 Å². The van der Waals surface area contributed by atoms with Crippen molar-refractivity contribution in [3.63, 3.8) is 0 Å². The molecule has 1 N–H and O–H groups in total. The van der Waals surface area contributed by atoms with Gasteiger partial charge >= 0.3 is 0 Å². The van der Waals surface area contributed by atoms with Crippen LogP contribution in [0.1, 0.15) is 12.8 Å². The Balaban J connectivity index is 1.93. The molecule has 0 spiro atoms. The minimum absolute atomic E-state index is 0.296. The van der Waals surface area contributed by atoms with Crippen LogP contribution in [0, 0.1) is 0 Å². The molecule has 1 fully saturated rings. The van der Waals surface area contributed by atoms with Gasteiger partial charge in [0, 0.05) is 6.54 Å². The first kappa shape index (κ1) is 9.31. The summed E-state index contributed by atoms with van der Waals surface area (Å²) in [7, 11) is 0. The van der Waals surface area contributed by atoms with Crippen LogP contribution in [0.3, 0.4) is 0 Å². The van der Waals surface area contributed by atoms with Crippen molar-refractivity contribution >= 4 is 22.9 Å². The van der Waals surface area contributed by atoms with Gasteiger partial charge in [-0.05, 0) is 30.8 Å². The predicted octanol–water partition coefficient (Wildman–Crippen LogP) is 2.53. The molecule has 2 heterocycles. The van der Waals surface area contributed by atoms with Gasteiger partial charge in [0.25, 0.3) is 0 Å². The van der Waals surface area contributed by atoms with Crippen molar-refractivity contribution in [1.29, 1.82) is 0 Å². The maximum absolute atomic E-state index is 5.92. The molecule has 2 nitrogen and oxygen atoms in total. The lowest BCUT2D eigenvalue weighted by Gasteiger charge is -2.23. The summed E-state index contributed by atoms with van der Waals surface area (Å²) in [6.45, 7) is 2.05. The molecule has 0 saturated carbocycles. The number of piperidine rings is 1. The standard InChI is InChI=1S/C9H12ClNOS/c10-8-3-5-13-9(8)12-7-2-1-4-11-6-7/h3,5,7,11H,1-2,4,6H2. The summed E-state index contributed by atoms with van der Waals surface area (Å²) >= 11 is 7.49. The highest BCUT2D eigenvalue weighted by Crippen LogP contribution is 2.32. The Kier molecular flexibility index (Phi) is 3.09. The molecule has 2 rings (SSSR count). The summed E-state index contributed by atoms with van der Waals surface area (Å²) in [6.07, 6.45) is 2.61. The van der Waals surface area contributed by atoms with Crippen LogP contribution >= 0.6 is 22.9 Å². The SMILES string of the molecule is Clc1ccsc1OC1CCCNC1. The van der Waals surface area contributed by atoms with E-state index in [1.165, 1.54) is 6.42 Å². The van der Waals surface area contributed by atoms with Gasteiger partial charge in [0.15, 0.2) is 5.06 Å². The molecule has 1 aliphatic rings. The van der Waals surface area contributed by atoms with Gasteiger partial charge in [-0.2, -0.15) is 0 Å². The van der Waals surface area contributed by atoms with Gasteiger partial charge in [0.1, 0.15) is 6.10 Å². The van der Waals surface area contributed by atoms with Crippen LogP contribution in [0.25, 0.3) is 0 Å². The van der Waals surface area contributed by atoms with E-state index in [2.05, 4.69) is 5.32 Å². The third kappa shape index (κ3) is 2.36. The van der Waals surface area contributed by atoms with Crippen molar-refractivity contribution in [3.8, 4) is 5.06 Å². The molecule has 1 saturated heterocycles. The minimum Gasteiger partial charge on any atom is -0.478 e. The molecule has 0 amide bonds. The third-order valence-electron chi connectivity index (χ3n) is 2.11. The monoisotopic (exact) mass is 217 g/mol. The summed E-state index contributed by atoms with van der Waals surface area (Å²) in [6, 6.07) is 1.87. The Bertz CT molecular complexity index is 270. The van der Waals surface area contributed by atoms with E-state index in [0.717, 1.165) is 29.6 Å². The van der Waals surface area contributed by atoms with E-state index in [9.17, 15) is 0 Å². The number of hydrogen-bond acceptors (Lipinski definition) is 3. The van der Waals surface area contributed by atoms with E-state index >= 15 is 0 Å². The first-order valence-corrected chi connectivity index (χ1v) is 5.72. The highest BCUT2D eigenvalue weighted by Gasteiger charge is 2.15. The van der Waals surface area contributed by atoms with Crippen LogP contribution in [0.4, 0.5) is 0 Å². The molecule has 0 bridgehead atoms. The lowest BCUT2D eigenvalue weighted by molar-refractivity contribution is 0.172. The van der Waals surface area contributed by atoms with Crippen molar-refractivity contribution in [1.82, 2.24) is 5.32 Å². The first-order valence-electron chi connectivity index (χ1n) is 4.46. The molecule has 72 valence electrons. The van der Waals surface area contributed by atoms with E-state index in [-0.39, 0.29) is 0 Å². The minimum atomic E-state index is 0.296. The molecule has 0 aliphatic carbocycles. The Labute approximate surface area is 86.9 Å². The number of hydrogen-bond donors (Lipinski definition) is 1. The molecule has 1 unspecified atom stereocenters. The Hall–Kier alpha value is -0.250. The number of thiophene rings is 1. The quantitative estimate of drug-likeness (QED) is 0.822. The molecule has 1 aliphatic heterocycles. The Morgan fingerprint density at radius 1 is 1.62 bits per heavy atom. The average Bonchev–Trinajstić information content (AvgIpc) is 2.54. The van der Waals surface area contributed by atoms with E-state index in [1.54, 1.807) is 11.3 Å². The highest BCUT2D eigenvalue weighted by molar-refractivity contribution is 7.12. The fourth-order valence-electron chi connectivity index (χ4n) is 1.44. The van der Waals surface area contributed by atoms with Crippen LogP contribution < -0.4 is 10.1 Å². The summed E-state index contributed by atoms with van der Waals surface area (Å²) < 4.78 is 5.75. The number of ether oxygens (including phenoxy) is 1. The molecular weight excluding hydrogens is 206 g/mol. The first-order chi connectivity index (χ1) is 6.36. The molecule has 1 aromatic heterocycles. The number of rotatable bonds is 2. The van der Waals surface area contributed by atoms with E-state index in [0.29, 0.717) is 6.10 Å². The van der Waals surface area contributed by atoms with Crippen molar-refractivity contribution < 1.29 is 4.74 Å². The fraction of sp³-hybridized carbons (Fsp3) is 0.556. The summed E-state index contributed by atoms with van der Waals surface area (Å²) in [5.74, 6) is 0. The van der Waals surface area contributed by atoms with E-state index in [4.69, 9.17) is 16.3 Å². The largest absolute Gasteiger partial charge is 0.478 e. The second-order valence-electron chi connectivity index (χ2n) is 3.14. The van der Waals surface area contributed by atoms with Gasteiger partial charge in [-0.3, -0.25) is 0 Å². The second-order valence-corrected chi connectivity index (χ2v) is 4.43. The van der Waals surface area contributed by atoms with Gasteiger partial charge in [0.2, 0.25) is 0 Å². The third-order valence-corrected chi connectivity index (χ3v) is 3.32. The maximum Gasteiger partial charge on any atom is 0.193 e. The fourth-order valence-corrected chi connectivity index (χ4v) is 2.45. The Morgan fingerprint density at radius 3 is 3.15 bits per heavy atom. The normalized spacial score (nSPS) is 23.0. The topological polar surface area (TPSA) is 21.3 Å². The van der Waals surface area contributed by atoms with Crippen LogP contribution in [-0.2, 0) is 0 Å². The predicted molar refractivity (Wildman–Crippen MR) is 55.8 cm³/mol. The molecule has 0 aromatic carbocycles. The zero-order chi connectivity index (χ0) is 9.10. The maximum atomic E-state index is 5.92. The van der Waals surface area contributed by atoms with Crippen molar-refractivity contribution in [2.45, 2.75) is 18.9 Å². The molecular formula is C9H12ClNOS. The lowest BCUT2D eigenvalue weighted by Crippen LogP contribution is -2.37. The van der Waals surface area contributed by atoms with Crippen LogP contribution in [0.15, 0.2) is 11.4 Å². The smallest absolute Gasteiger partial charge is 0.193 e. The summed E-state index contributed by atoms with van der Waals surface area (Å²) in [5, 5.41) is 6.84. The average molecular weight is 218 g/mol.